The molecule has 0 bridgehead atoms. The molecular weight excluding hydrogens is 216 g/mol. The molecule has 0 heteroatoms. The van der Waals surface area contributed by atoms with Crippen LogP contribution in [0.15, 0.2) is 62.2 Å². The summed E-state index contributed by atoms with van der Waals surface area (Å²) in [5, 5.41) is 0. The highest BCUT2D eigenvalue weighted by Crippen LogP contribution is 2.10. The fourth-order valence-electron chi connectivity index (χ4n) is 1.52. The monoisotopic (exact) mass is 240 g/mol. The first-order valence-corrected chi connectivity index (χ1v) is 6.16. The highest BCUT2D eigenvalue weighted by Gasteiger charge is 1.93. The molecular formula is C18H24. The third-order valence-electron chi connectivity index (χ3n) is 2.51. The first-order chi connectivity index (χ1) is 8.54. The van der Waals surface area contributed by atoms with Gasteiger partial charge in [0.05, 0.1) is 0 Å². The Balaban J connectivity index is 0.000000331. The molecule has 1 atom stereocenters. The molecule has 96 valence electrons. The van der Waals surface area contributed by atoms with Crippen molar-refractivity contribution in [3.63, 3.8) is 0 Å². The molecule has 0 spiro atoms. The van der Waals surface area contributed by atoms with E-state index >= 15 is 0 Å². The summed E-state index contributed by atoms with van der Waals surface area (Å²) in [4.78, 5) is 0. The minimum absolute atomic E-state index is 0.590. The van der Waals surface area contributed by atoms with Crippen LogP contribution in [0.2, 0.25) is 0 Å². The van der Waals surface area contributed by atoms with Crippen LogP contribution in [-0.4, -0.2) is 0 Å². The van der Waals surface area contributed by atoms with E-state index < -0.39 is 0 Å². The molecule has 0 saturated carbocycles. The van der Waals surface area contributed by atoms with Gasteiger partial charge in [0.25, 0.3) is 0 Å². The van der Waals surface area contributed by atoms with Gasteiger partial charge in [-0.15, -0.1) is 13.2 Å². The quantitative estimate of drug-likeness (QED) is 0.575. The van der Waals surface area contributed by atoms with Gasteiger partial charge < -0.3 is 0 Å². The van der Waals surface area contributed by atoms with Crippen LogP contribution in [0.5, 0.6) is 0 Å². The lowest BCUT2D eigenvalue weighted by atomic mass is 10.0. The molecule has 0 radical (unpaired) electrons. The lowest BCUT2D eigenvalue weighted by Gasteiger charge is -2.01. The van der Waals surface area contributed by atoms with Gasteiger partial charge in [-0.3, -0.25) is 0 Å². The van der Waals surface area contributed by atoms with Crippen LogP contribution in [0, 0.1) is 5.92 Å². The van der Waals surface area contributed by atoms with Crippen LogP contribution in [0.25, 0.3) is 12.2 Å². The van der Waals surface area contributed by atoms with Crippen molar-refractivity contribution in [2.24, 2.45) is 5.92 Å². The summed E-state index contributed by atoms with van der Waals surface area (Å²) in [7, 11) is 0. The molecule has 0 aliphatic rings. The van der Waals surface area contributed by atoms with Crippen LogP contribution in [0.3, 0.4) is 0 Å². The molecule has 0 aliphatic carbocycles. The first kappa shape index (κ1) is 16.2. The second kappa shape index (κ2) is 9.23. The van der Waals surface area contributed by atoms with Gasteiger partial charge in [0, 0.05) is 0 Å². The fourth-order valence-corrected chi connectivity index (χ4v) is 1.52. The third-order valence-corrected chi connectivity index (χ3v) is 2.51. The lowest BCUT2D eigenvalue weighted by molar-refractivity contribution is 0.720. The number of hydrogen-bond donors (Lipinski definition) is 0. The predicted molar refractivity (Wildman–Crippen MR) is 85.4 cm³/mol. The molecule has 1 aromatic carbocycles. The first-order valence-electron chi connectivity index (χ1n) is 6.16. The topological polar surface area (TPSA) is 0 Å². The zero-order valence-electron chi connectivity index (χ0n) is 11.7. The van der Waals surface area contributed by atoms with Gasteiger partial charge >= 0.3 is 0 Å². The van der Waals surface area contributed by atoms with E-state index in [0.717, 1.165) is 17.5 Å². The van der Waals surface area contributed by atoms with Gasteiger partial charge in [-0.05, 0) is 30.4 Å². The van der Waals surface area contributed by atoms with Crippen molar-refractivity contribution in [1.29, 1.82) is 0 Å². The molecule has 0 amide bonds. The summed E-state index contributed by atoms with van der Waals surface area (Å²) in [6.45, 7) is 19.0. The summed E-state index contributed by atoms with van der Waals surface area (Å²) >= 11 is 0. The van der Waals surface area contributed by atoms with E-state index in [4.69, 9.17) is 0 Å². The van der Waals surface area contributed by atoms with Crippen LogP contribution in [0.4, 0.5) is 0 Å². The molecule has 18 heavy (non-hydrogen) atoms. The second-order valence-corrected chi connectivity index (χ2v) is 4.41. The molecule has 1 aromatic rings. The van der Waals surface area contributed by atoms with E-state index in [1.807, 2.05) is 49.4 Å². The van der Waals surface area contributed by atoms with E-state index in [-0.39, 0.29) is 0 Å². The van der Waals surface area contributed by atoms with Crippen LogP contribution < -0.4 is 0 Å². The predicted octanol–water partition coefficient (Wildman–Crippen LogP) is 5.75. The normalized spacial score (nSPS) is 10.6. The lowest BCUT2D eigenvalue weighted by Crippen LogP contribution is -1.87. The Kier molecular flexibility index (Phi) is 8.30. The SMILES string of the molecule is C=CC(C)CC(=C)C.C=Cc1ccccc1C=C. The number of rotatable bonds is 5. The minimum atomic E-state index is 0.590. The minimum Gasteiger partial charge on any atom is -0.103 e. The molecule has 0 aliphatic heterocycles. The zero-order valence-corrected chi connectivity index (χ0v) is 11.7. The number of benzene rings is 1. The molecule has 0 aromatic heterocycles. The second-order valence-electron chi connectivity index (χ2n) is 4.41. The Hall–Kier alpha value is -1.82. The maximum Gasteiger partial charge on any atom is -0.0190 e. The van der Waals surface area contributed by atoms with Gasteiger partial charge in [-0.1, -0.05) is 68.1 Å². The summed E-state index contributed by atoms with van der Waals surface area (Å²) in [6, 6.07) is 8.02. The molecule has 1 rings (SSSR count). The molecule has 1 unspecified atom stereocenters. The highest BCUT2D eigenvalue weighted by molar-refractivity contribution is 5.63. The highest BCUT2D eigenvalue weighted by atomic mass is 14.0. The summed E-state index contributed by atoms with van der Waals surface area (Å²) in [6.07, 6.45) is 6.69. The average molecular weight is 240 g/mol. The van der Waals surface area contributed by atoms with Gasteiger partial charge in [0.1, 0.15) is 0 Å². The summed E-state index contributed by atoms with van der Waals surface area (Å²) in [5.41, 5.74) is 3.51. The molecule has 0 N–H and O–H groups in total. The third kappa shape index (κ3) is 6.70. The fraction of sp³-hybridized carbons (Fsp3) is 0.222. The van der Waals surface area contributed by atoms with Crippen LogP contribution >= 0.6 is 0 Å². The van der Waals surface area contributed by atoms with E-state index in [2.05, 4.69) is 33.2 Å². The van der Waals surface area contributed by atoms with Crippen molar-refractivity contribution in [2.45, 2.75) is 20.3 Å². The Morgan fingerprint density at radius 1 is 1.11 bits per heavy atom. The van der Waals surface area contributed by atoms with Crippen molar-refractivity contribution in [2.75, 3.05) is 0 Å². The van der Waals surface area contributed by atoms with Crippen molar-refractivity contribution in [1.82, 2.24) is 0 Å². The maximum atomic E-state index is 3.80. The Morgan fingerprint density at radius 3 is 1.78 bits per heavy atom. The number of hydrogen-bond acceptors (Lipinski definition) is 0. The summed E-state index contributed by atoms with van der Waals surface area (Å²) < 4.78 is 0. The van der Waals surface area contributed by atoms with Crippen molar-refractivity contribution in [3.8, 4) is 0 Å². The van der Waals surface area contributed by atoms with Gasteiger partial charge in [0.2, 0.25) is 0 Å². The smallest absolute Gasteiger partial charge is 0.0190 e. The maximum absolute atomic E-state index is 3.80. The van der Waals surface area contributed by atoms with E-state index in [0.29, 0.717) is 5.92 Å². The molecule has 0 heterocycles. The zero-order chi connectivity index (χ0) is 14.0. The van der Waals surface area contributed by atoms with Crippen LogP contribution in [-0.2, 0) is 0 Å². The molecule has 0 saturated heterocycles. The Bertz CT molecular complexity index is 383. The van der Waals surface area contributed by atoms with E-state index in [9.17, 15) is 0 Å². The average Bonchev–Trinajstić information content (AvgIpc) is 2.38. The van der Waals surface area contributed by atoms with Gasteiger partial charge in [-0.2, -0.15) is 0 Å². The molecule has 0 nitrogen and oxygen atoms in total. The number of allylic oxidation sites excluding steroid dienone is 2. The van der Waals surface area contributed by atoms with Crippen molar-refractivity contribution in [3.05, 3.63) is 73.4 Å². The van der Waals surface area contributed by atoms with E-state index in [1.165, 1.54) is 5.57 Å². The van der Waals surface area contributed by atoms with Crippen molar-refractivity contribution < 1.29 is 0 Å². The standard InChI is InChI=1S/C10H10.C8H14/c1-3-9-7-5-6-8-10(9)4-2;1-5-8(4)6-7(2)3/h3-8H,1-2H2;5,8H,1-2,6H2,3-4H3. The van der Waals surface area contributed by atoms with E-state index in [1.54, 1.807) is 0 Å². The van der Waals surface area contributed by atoms with Crippen LogP contribution in [0.1, 0.15) is 31.4 Å². The Labute approximate surface area is 112 Å². The summed E-state index contributed by atoms with van der Waals surface area (Å²) in [5.74, 6) is 0.590. The van der Waals surface area contributed by atoms with Crippen molar-refractivity contribution >= 4 is 12.2 Å². The molecule has 0 fully saturated rings. The van der Waals surface area contributed by atoms with Gasteiger partial charge in [0.15, 0.2) is 0 Å². The van der Waals surface area contributed by atoms with Gasteiger partial charge in [-0.25, -0.2) is 0 Å². The largest absolute Gasteiger partial charge is 0.103 e. The Morgan fingerprint density at radius 2 is 1.56 bits per heavy atom.